The number of urea groups is 1. The van der Waals surface area contributed by atoms with Gasteiger partial charge in [0.05, 0.1) is 0 Å². The van der Waals surface area contributed by atoms with Crippen molar-refractivity contribution in [3.8, 4) is 0 Å². The molecule has 2 aliphatic carbocycles. The van der Waals surface area contributed by atoms with Crippen LogP contribution in [-0.4, -0.2) is 12.1 Å². The lowest BCUT2D eigenvalue weighted by Gasteiger charge is -2.28. The van der Waals surface area contributed by atoms with E-state index in [-0.39, 0.29) is 12.1 Å². The SMILES string of the molecule is Cc1ccc(/C=C/NC(=O)NC(C)C2CC3CCC2C3)cc1. The molecule has 1 aromatic rings. The molecule has 2 aliphatic rings. The maximum atomic E-state index is 12.0. The summed E-state index contributed by atoms with van der Waals surface area (Å²) in [7, 11) is 0. The summed E-state index contributed by atoms with van der Waals surface area (Å²) in [6.45, 7) is 4.21. The van der Waals surface area contributed by atoms with Gasteiger partial charge in [0.1, 0.15) is 0 Å². The van der Waals surface area contributed by atoms with Gasteiger partial charge in [0.25, 0.3) is 0 Å². The summed E-state index contributed by atoms with van der Waals surface area (Å²) < 4.78 is 0. The minimum atomic E-state index is -0.0985. The van der Waals surface area contributed by atoms with E-state index >= 15 is 0 Å². The predicted octanol–water partition coefficient (Wildman–Crippen LogP) is 4.09. The Labute approximate surface area is 133 Å². The van der Waals surface area contributed by atoms with Gasteiger partial charge in [-0.25, -0.2) is 4.79 Å². The monoisotopic (exact) mass is 298 g/mol. The van der Waals surface area contributed by atoms with Crippen LogP contribution in [-0.2, 0) is 0 Å². The largest absolute Gasteiger partial charge is 0.335 e. The van der Waals surface area contributed by atoms with Crippen LogP contribution in [0.25, 0.3) is 6.08 Å². The van der Waals surface area contributed by atoms with Crippen LogP contribution in [0.1, 0.15) is 43.7 Å². The summed E-state index contributed by atoms with van der Waals surface area (Å²) in [5, 5.41) is 5.91. The average molecular weight is 298 g/mol. The molecule has 3 heteroatoms. The summed E-state index contributed by atoms with van der Waals surface area (Å²) in [6.07, 6.45) is 9.07. The average Bonchev–Trinajstić information content (AvgIpc) is 3.12. The van der Waals surface area contributed by atoms with Gasteiger partial charge in [0.15, 0.2) is 0 Å². The molecule has 1 aromatic carbocycles. The molecule has 0 aromatic heterocycles. The zero-order valence-electron chi connectivity index (χ0n) is 13.5. The molecule has 2 bridgehead atoms. The Balaban J connectivity index is 1.45. The van der Waals surface area contributed by atoms with Crippen LogP contribution in [0.5, 0.6) is 0 Å². The van der Waals surface area contributed by atoms with Gasteiger partial charge in [0, 0.05) is 12.2 Å². The smallest absolute Gasteiger partial charge is 0.318 e. The molecule has 0 aliphatic heterocycles. The van der Waals surface area contributed by atoms with Crippen LogP contribution in [0.15, 0.2) is 30.5 Å². The zero-order chi connectivity index (χ0) is 15.5. The van der Waals surface area contributed by atoms with E-state index in [9.17, 15) is 4.79 Å². The summed E-state index contributed by atoms with van der Waals surface area (Å²) in [6, 6.07) is 8.39. The van der Waals surface area contributed by atoms with Crippen molar-refractivity contribution in [3.05, 3.63) is 41.6 Å². The number of benzene rings is 1. The number of hydrogen-bond donors (Lipinski definition) is 2. The molecule has 2 N–H and O–H groups in total. The van der Waals surface area contributed by atoms with Crippen molar-refractivity contribution in [3.63, 3.8) is 0 Å². The second kappa shape index (κ2) is 6.55. The molecule has 3 rings (SSSR count). The molecule has 3 nitrogen and oxygen atoms in total. The highest BCUT2D eigenvalue weighted by Crippen LogP contribution is 2.49. The standard InChI is InChI=1S/C19H26N2O/c1-13-3-5-15(6-4-13)9-10-20-19(22)21-14(2)18-12-16-7-8-17(18)11-16/h3-6,9-10,14,16-18H,7-8,11-12H2,1-2H3,(H2,20,21,22)/b10-9+. The second-order valence-electron chi connectivity index (χ2n) is 6.99. The van der Waals surface area contributed by atoms with Gasteiger partial charge < -0.3 is 10.6 Å². The van der Waals surface area contributed by atoms with Crippen LogP contribution in [0.2, 0.25) is 0 Å². The highest BCUT2D eigenvalue weighted by atomic mass is 16.2. The molecule has 22 heavy (non-hydrogen) atoms. The first-order chi connectivity index (χ1) is 10.6. The third kappa shape index (κ3) is 3.52. The number of rotatable bonds is 4. The molecular formula is C19H26N2O. The van der Waals surface area contributed by atoms with Gasteiger partial charge in [-0.15, -0.1) is 0 Å². The quantitative estimate of drug-likeness (QED) is 0.863. The molecule has 118 valence electrons. The molecular weight excluding hydrogens is 272 g/mol. The molecule has 4 atom stereocenters. The summed E-state index contributed by atoms with van der Waals surface area (Å²) in [4.78, 5) is 12.0. The van der Waals surface area contributed by atoms with Crippen LogP contribution < -0.4 is 10.6 Å². The number of aryl methyl sites for hydroxylation is 1. The Kier molecular flexibility index (Phi) is 4.51. The number of amides is 2. The van der Waals surface area contributed by atoms with Crippen molar-refractivity contribution in [1.29, 1.82) is 0 Å². The van der Waals surface area contributed by atoms with E-state index < -0.39 is 0 Å². The van der Waals surface area contributed by atoms with Crippen LogP contribution in [0, 0.1) is 24.7 Å². The number of nitrogens with one attached hydrogen (secondary N) is 2. The number of fused-ring (bicyclic) bond motifs is 2. The lowest BCUT2D eigenvalue weighted by Crippen LogP contribution is -2.43. The lowest BCUT2D eigenvalue weighted by atomic mass is 9.84. The van der Waals surface area contributed by atoms with Crippen molar-refractivity contribution in [1.82, 2.24) is 10.6 Å². The number of carbonyl (C=O) groups is 1. The first-order valence-electron chi connectivity index (χ1n) is 8.42. The third-order valence-electron chi connectivity index (χ3n) is 5.36. The topological polar surface area (TPSA) is 41.1 Å². The van der Waals surface area contributed by atoms with Crippen molar-refractivity contribution < 1.29 is 4.79 Å². The number of carbonyl (C=O) groups excluding carboxylic acids is 1. The van der Waals surface area contributed by atoms with Gasteiger partial charge in [-0.05, 0) is 62.5 Å². The Morgan fingerprint density at radius 3 is 2.64 bits per heavy atom. The normalized spacial score (nSPS) is 28.0. The third-order valence-corrected chi connectivity index (χ3v) is 5.36. The molecule has 4 unspecified atom stereocenters. The Morgan fingerprint density at radius 2 is 2.00 bits per heavy atom. The molecule has 2 amide bonds. The molecule has 2 fully saturated rings. The molecule has 0 spiro atoms. The van der Waals surface area contributed by atoms with Gasteiger partial charge in [-0.2, -0.15) is 0 Å². The van der Waals surface area contributed by atoms with Gasteiger partial charge >= 0.3 is 6.03 Å². The summed E-state index contributed by atoms with van der Waals surface area (Å²) in [5.41, 5.74) is 2.33. The summed E-state index contributed by atoms with van der Waals surface area (Å²) >= 11 is 0. The highest BCUT2D eigenvalue weighted by molar-refractivity contribution is 5.76. The number of hydrogen-bond acceptors (Lipinski definition) is 1. The van der Waals surface area contributed by atoms with E-state index in [1.165, 1.54) is 31.2 Å². The van der Waals surface area contributed by atoms with E-state index in [4.69, 9.17) is 0 Å². The van der Waals surface area contributed by atoms with Crippen molar-refractivity contribution in [2.24, 2.45) is 17.8 Å². The van der Waals surface area contributed by atoms with Crippen molar-refractivity contribution in [2.45, 2.75) is 45.6 Å². The van der Waals surface area contributed by atoms with Gasteiger partial charge in [-0.3, -0.25) is 0 Å². The van der Waals surface area contributed by atoms with Crippen molar-refractivity contribution in [2.75, 3.05) is 0 Å². The maximum absolute atomic E-state index is 12.0. The predicted molar refractivity (Wildman–Crippen MR) is 90.3 cm³/mol. The molecule has 0 radical (unpaired) electrons. The van der Waals surface area contributed by atoms with Gasteiger partial charge in [0.2, 0.25) is 0 Å². The Hall–Kier alpha value is -1.77. The summed E-state index contributed by atoms with van der Waals surface area (Å²) in [5.74, 6) is 2.43. The zero-order valence-corrected chi connectivity index (χ0v) is 13.5. The van der Waals surface area contributed by atoms with Crippen LogP contribution >= 0.6 is 0 Å². The van der Waals surface area contributed by atoms with E-state index in [2.05, 4.69) is 36.6 Å². The fourth-order valence-electron chi connectivity index (χ4n) is 4.15. The second-order valence-corrected chi connectivity index (χ2v) is 6.99. The van der Waals surface area contributed by atoms with E-state index in [0.717, 1.165) is 17.4 Å². The minimum absolute atomic E-state index is 0.0985. The van der Waals surface area contributed by atoms with E-state index in [1.807, 2.05) is 18.2 Å². The first kappa shape index (κ1) is 15.1. The van der Waals surface area contributed by atoms with Gasteiger partial charge in [-0.1, -0.05) is 36.2 Å². The Morgan fingerprint density at radius 1 is 1.23 bits per heavy atom. The maximum Gasteiger partial charge on any atom is 0.318 e. The fraction of sp³-hybridized carbons (Fsp3) is 0.526. The minimum Gasteiger partial charge on any atom is -0.335 e. The molecule has 2 saturated carbocycles. The Bertz CT molecular complexity index is 549. The molecule has 0 saturated heterocycles. The lowest BCUT2D eigenvalue weighted by molar-refractivity contribution is 0.223. The molecule has 0 heterocycles. The first-order valence-corrected chi connectivity index (χ1v) is 8.42. The van der Waals surface area contributed by atoms with Crippen LogP contribution in [0.3, 0.4) is 0 Å². The van der Waals surface area contributed by atoms with E-state index in [1.54, 1.807) is 6.20 Å². The van der Waals surface area contributed by atoms with Crippen molar-refractivity contribution >= 4 is 12.1 Å². The van der Waals surface area contributed by atoms with Crippen LogP contribution in [0.4, 0.5) is 4.79 Å². The van der Waals surface area contributed by atoms with E-state index in [0.29, 0.717) is 5.92 Å². The fourth-order valence-corrected chi connectivity index (χ4v) is 4.15. The highest BCUT2D eigenvalue weighted by Gasteiger charge is 2.42.